The molecule has 7 nitrogen and oxygen atoms in total. The SMILES string of the molecule is COC(=O)c1cc(OC)c(S(=O)(=O)NC2(CN)CCCC2)s1.Cl. The number of halogens is 1. The van der Waals surface area contributed by atoms with Gasteiger partial charge in [-0.25, -0.2) is 17.9 Å². The normalized spacial score (nSPS) is 16.7. The Balaban J connectivity index is 0.00000264. The Labute approximate surface area is 146 Å². The first-order chi connectivity index (χ1) is 10.4. The second-order valence-electron chi connectivity index (χ2n) is 5.26. The van der Waals surface area contributed by atoms with Crippen LogP contribution in [-0.2, 0) is 14.8 Å². The van der Waals surface area contributed by atoms with Crippen molar-refractivity contribution in [3.8, 4) is 5.75 Å². The van der Waals surface area contributed by atoms with E-state index in [0.29, 0.717) is 12.8 Å². The number of carbonyl (C=O) groups is 1. The summed E-state index contributed by atoms with van der Waals surface area (Å²) in [5.41, 5.74) is 5.16. The molecule has 1 saturated carbocycles. The molecule has 0 saturated heterocycles. The van der Waals surface area contributed by atoms with Gasteiger partial charge >= 0.3 is 5.97 Å². The van der Waals surface area contributed by atoms with Gasteiger partial charge in [0.25, 0.3) is 10.0 Å². The zero-order chi connectivity index (χ0) is 16.4. The van der Waals surface area contributed by atoms with Gasteiger partial charge in [-0.2, -0.15) is 0 Å². The summed E-state index contributed by atoms with van der Waals surface area (Å²) in [6.45, 7) is 0.240. The van der Waals surface area contributed by atoms with Gasteiger partial charge < -0.3 is 15.2 Å². The van der Waals surface area contributed by atoms with Crippen LogP contribution in [0.25, 0.3) is 0 Å². The number of sulfonamides is 1. The lowest BCUT2D eigenvalue weighted by atomic mass is 10.0. The first-order valence-corrected chi connectivity index (χ1v) is 9.17. The highest BCUT2D eigenvalue weighted by molar-refractivity contribution is 7.91. The molecule has 0 radical (unpaired) electrons. The first kappa shape index (κ1) is 20.2. The fourth-order valence-corrected chi connectivity index (χ4v) is 5.59. The standard InChI is InChI=1S/C13H20N2O5S2.ClH/c1-19-9-7-10(11(16)20-2)21-12(9)22(17,18)15-13(8-14)5-3-4-6-13;/h7,15H,3-6,8,14H2,1-2H3;1H. The van der Waals surface area contributed by atoms with E-state index in [9.17, 15) is 13.2 Å². The fraction of sp³-hybridized carbons (Fsp3) is 0.615. The lowest BCUT2D eigenvalue weighted by Crippen LogP contribution is -2.51. The highest BCUT2D eigenvalue weighted by atomic mass is 35.5. The van der Waals surface area contributed by atoms with E-state index < -0.39 is 21.5 Å². The van der Waals surface area contributed by atoms with Gasteiger partial charge in [0, 0.05) is 18.2 Å². The van der Waals surface area contributed by atoms with Crippen LogP contribution in [0, 0.1) is 0 Å². The highest BCUT2D eigenvalue weighted by Crippen LogP contribution is 2.36. The summed E-state index contributed by atoms with van der Waals surface area (Å²) in [7, 11) is -1.23. The maximum absolute atomic E-state index is 12.7. The number of ether oxygens (including phenoxy) is 2. The van der Waals surface area contributed by atoms with Crippen LogP contribution in [-0.4, -0.2) is 40.7 Å². The molecule has 1 aromatic rings. The third-order valence-electron chi connectivity index (χ3n) is 3.82. The molecule has 1 heterocycles. The van der Waals surface area contributed by atoms with Crippen LogP contribution in [0.1, 0.15) is 35.4 Å². The lowest BCUT2D eigenvalue weighted by molar-refractivity contribution is 0.0606. The van der Waals surface area contributed by atoms with Crippen LogP contribution in [0.2, 0.25) is 0 Å². The van der Waals surface area contributed by atoms with Crippen molar-refractivity contribution >= 4 is 39.7 Å². The van der Waals surface area contributed by atoms with Gasteiger partial charge in [0.2, 0.25) is 0 Å². The number of rotatable bonds is 6. The number of hydrogen-bond acceptors (Lipinski definition) is 7. The van der Waals surface area contributed by atoms with Crippen LogP contribution in [0.3, 0.4) is 0 Å². The van der Waals surface area contributed by atoms with Crippen LogP contribution in [0.15, 0.2) is 10.3 Å². The largest absolute Gasteiger partial charge is 0.494 e. The van der Waals surface area contributed by atoms with Gasteiger partial charge in [-0.3, -0.25) is 0 Å². The molecule has 1 aromatic heterocycles. The van der Waals surface area contributed by atoms with Crippen LogP contribution < -0.4 is 15.2 Å². The van der Waals surface area contributed by atoms with Gasteiger partial charge in [0.05, 0.1) is 14.2 Å². The Morgan fingerprint density at radius 1 is 1.39 bits per heavy atom. The number of esters is 1. The maximum atomic E-state index is 12.7. The third kappa shape index (κ3) is 4.16. The predicted molar refractivity (Wildman–Crippen MR) is 90.0 cm³/mol. The van der Waals surface area contributed by atoms with Gasteiger partial charge in [-0.05, 0) is 12.8 Å². The fourth-order valence-electron chi connectivity index (χ4n) is 2.62. The molecule has 23 heavy (non-hydrogen) atoms. The third-order valence-corrected chi connectivity index (χ3v) is 7.01. The minimum atomic E-state index is -3.82. The van der Waals surface area contributed by atoms with Crippen molar-refractivity contribution in [2.75, 3.05) is 20.8 Å². The van der Waals surface area contributed by atoms with Gasteiger partial charge in [0.1, 0.15) is 4.88 Å². The van der Waals surface area contributed by atoms with Crippen molar-refractivity contribution in [2.45, 2.75) is 35.4 Å². The molecular formula is C13H21ClN2O5S2. The van der Waals surface area contributed by atoms with E-state index in [2.05, 4.69) is 9.46 Å². The molecular weight excluding hydrogens is 364 g/mol. The number of hydrogen-bond donors (Lipinski definition) is 2. The van der Waals surface area contributed by atoms with E-state index in [0.717, 1.165) is 24.2 Å². The number of thiophene rings is 1. The van der Waals surface area contributed by atoms with Crippen molar-refractivity contribution in [3.63, 3.8) is 0 Å². The molecule has 1 aliphatic carbocycles. The van der Waals surface area contributed by atoms with E-state index in [4.69, 9.17) is 10.5 Å². The predicted octanol–water partition coefficient (Wildman–Crippen LogP) is 1.51. The number of carbonyl (C=O) groups excluding carboxylic acids is 1. The molecule has 2 rings (SSSR count). The Morgan fingerprint density at radius 2 is 2.00 bits per heavy atom. The van der Waals surface area contributed by atoms with E-state index in [1.54, 1.807) is 0 Å². The minimum absolute atomic E-state index is 0. The molecule has 0 aliphatic heterocycles. The first-order valence-electron chi connectivity index (χ1n) is 6.87. The average molecular weight is 385 g/mol. The van der Waals surface area contributed by atoms with Gasteiger partial charge in [-0.1, -0.05) is 12.8 Å². The molecule has 0 spiro atoms. The second kappa shape index (κ2) is 7.80. The van der Waals surface area contributed by atoms with E-state index in [1.165, 1.54) is 20.3 Å². The zero-order valence-corrected chi connectivity index (χ0v) is 15.4. The molecule has 0 unspecified atom stereocenters. The zero-order valence-electron chi connectivity index (χ0n) is 13.0. The Morgan fingerprint density at radius 3 is 2.48 bits per heavy atom. The van der Waals surface area contributed by atoms with Crippen molar-refractivity contribution in [1.29, 1.82) is 0 Å². The molecule has 1 fully saturated rings. The molecule has 1 aliphatic rings. The quantitative estimate of drug-likeness (QED) is 0.720. The molecule has 0 atom stereocenters. The van der Waals surface area contributed by atoms with Crippen LogP contribution >= 0.6 is 23.7 Å². The average Bonchev–Trinajstić information content (AvgIpc) is 3.13. The van der Waals surface area contributed by atoms with Gasteiger partial charge in [-0.15, -0.1) is 23.7 Å². The van der Waals surface area contributed by atoms with Crippen LogP contribution in [0.5, 0.6) is 5.75 Å². The Bertz CT molecular complexity index is 653. The topological polar surface area (TPSA) is 108 Å². The van der Waals surface area contributed by atoms with Crippen molar-refractivity contribution in [2.24, 2.45) is 5.73 Å². The summed E-state index contributed by atoms with van der Waals surface area (Å²) >= 11 is 0.825. The van der Waals surface area contributed by atoms with E-state index in [1.807, 2.05) is 0 Å². The summed E-state index contributed by atoms with van der Waals surface area (Å²) in [4.78, 5) is 11.8. The Hall–Kier alpha value is -0.870. The Kier molecular flexibility index (Phi) is 6.84. The highest BCUT2D eigenvalue weighted by Gasteiger charge is 2.38. The van der Waals surface area contributed by atoms with Crippen LogP contribution in [0.4, 0.5) is 0 Å². The van der Waals surface area contributed by atoms with E-state index >= 15 is 0 Å². The summed E-state index contributed by atoms with van der Waals surface area (Å²) < 4.78 is 37.7. The smallest absolute Gasteiger partial charge is 0.348 e. The molecule has 0 aromatic carbocycles. The molecule has 10 heteroatoms. The summed E-state index contributed by atoms with van der Waals surface area (Å²) in [5.74, 6) is -0.470. The minimum Gasteiger partial charge on any atom is -0.494 e. The molecule has 0 bridgehead atoms. The number of nitrogens with one attached hydrogen (secondary N) is 1. The summed E-state index contributed by atoms with van der Waals surface area (Å²) in [6, 6.07) is 1.37. The number of nitrogens with two attached hydrogens (primary N) is 1. The van der Waals surface area contributed by atoms with Crippen molar-refractivity contribution in [1.82, 2.24) is 4.72 Å². The van der Waals surface area contributed by atoms with E-state index in [-0.39, 0.29) is 33.8 Å². The maximum Gasteiger partial charge on any atom is 0.348 e. The lowest BCUT2D eigenvalue weighted by Gasteiger charge is -2.28. The van der Waals surface area contributed by atoms with Crippen molar-refractivity contribution < 1.29 is 22.7 Å². The van der Waals surface area contributed by atoms with Gasteiger partial charge in [0.15, 0.2) is 9.96 Å². The second-order valence-corrected chi connectivity index (χ2v) is 8.18. The summed E-state index contributed by atoms with van der Waals surface area (Å²) in [5, 5.41) is 0. The molecule has 0 amide bonds. The van der Waals surface area contributed by atoms with Crippen molar-refractivity contribution in [3.05, 3.63) is 10.9 Å². The molecule has 3 N–H and O–H groups in total. The molecule has 132 valence electrons. The monoisotopic (exact) mass is 384 g/mol. The number of methoxy groups -OCH3 is 2. The summed E-state index contributed by atoms with van der Waals surface area (Å²) in [6.07, 6.45) is 3.30.